The third-order valence-electron chi connectivity index (χ3n) is 9.26. The normalized spacial score (nSPS) is 31.7. The lowest BCUT2D eigenvalue weighted by Gasteiger charge is -2.45. The molecule has 0 spiro atoms. The van der Waals surface area contributed by atoms with Gasteiger partial charge in [0.1, 0.15) is 11.3 Å². The first-order chi connectivity index (χ1) is 17.0. The highest BCUT2D eigenvalue weighted by Gasteiger charge is 2.55. The number of ether oxygens (including phenoxy) is 1. The summed E-state index contributed by atoms with van der Waals surface area (Å²) in [6, 6.07) is 5.64. The monoisotopic (exact) mass is 478 g/mol. The molecule has 3 saturated carbocycles. The Morgan fingerprint density at radius 1 is 1.20 bits per heavy atom. The number of fused-ring (bicyclic) bond motifs is 5. The van der Waals surface area contributed by atoms with Crippen LogP contribution in [0.3, 0.4) is 0 Å². The van der Waals surface area contributed by atoms with E-state index in [9.17, 15) is 9.59 Å². The summed E-state index contributed by atoms with van der Waals surface area (Å²) in [5.74, 6) is 3.24. The van der Waals surface area contributed by atoms with Crippen LogP contribution >= 0.6 is 0 Å². The lowest BCUT2D eigenvalue weighted by Crippen LogP contribution is -2.44. The van der Waals surface area contributed by atoms with Gasteiger partial charge in [0.05, 0.1) is 18.7 Å². The number of nitrogens with one attached hydrogen (secondary N) is 1. The van der Waals surface area contributed by atoms with Crippen LogP contribution in [-0.2, 0) is 16.0 Å². The van der Waals surface area contributed by atoms with E-state index in [1.54, 1.807) is 7.11 Å². The zero-order chi connectivity index (χ0) is 24.0. The Hall–Kier alpha value is -2.41. The second-order valence-electron chi connectivity index (χ2n) is 11.8. The number of aromatic nitrogens is 2. The number of pyridine rings is 1. The maximum Gasteiger partial charge on any atom is 0.268 e. The van der Waals surface area contributed by atoms with Crippen molar-refractivity contribution in [1.29, 1.82) is 0 Å². The van der Waals surface area contributed by atoms with Gasteiger partial charge in [0, 0.05) is 32.9 Å². The Labute approximate surface area is 207 Å². The predicted octanol–water partition coefficient (Wildman–Crippen LogP) is 3.71. The SMILES string of the molecule is COCC1CCCN(C(=O)Cc2cn3c(C(=O)NCC45CCCC(C4)C4CC4C5)cccc3n2)C1. The topological polar surface area (TPSA) is 75.9 Å². The van der Waals surface area contributed by atoms with E-state index < -0.39 is 0 Å². The van der Waals surface area contributed by atoms with E-state index in [-0.39, 0.29) is 18.2 Å². The van der Waals surface area contributed by atoms with E-state index in [4.69, 9.17) is 4.74 Å². The van der Waals surface area contributed by atoms with Crippen molar-refractivity contribution in [3.05, 3.63) is 35.8 Å². The van der Waals surface area contributed by atoms with Gasteiger partial charge in [-0.25, -0.2) is 4.98 Å². The molecule has 6 rings (SSSR count). The summed E-state index contributed by atoms with van der Waals surface area (Å²) in [6.45, 7) is 3.02. The third kappa shape index (κ3) is 4.59. The van der Waals surface area contributed by atoms with Gasteiger partial charge in [-0.15, -0.1) is 0 Å². The standard InChI is InChI=1S/C28H38N4O3/c1-35-17-19-5-4-10-31(15-19)26(33)12-22-16-32-24(7-2-8-25(32)30-22)27(34)29-18-28-9-3-6-20(13-28)23-11-21(23)14-28/h2,7-8,16,19-21,23H,3-6,9-15,17-18H2,1H3,(H,29,34). The van der Waals surface area contributed by atoms with Gasteiger partial charge in [-0.05, 0) is 79.7 Å². The van der Waals surface area contributed by atoms with Gasteiger partial charge in [0.15, 0.2) is 0 Å². The van der Waals surface area contributed by atoms with E-state index in [2.05, 4.69) is 10.3 Å². The van der Waals surface area contributed by atoms with E-state index >= 15 is 0 Å². The largest absolute Gasteiger partial charge is 0.384 e. The summed E-state index contributed by atoms with van der Waals surface area (Å²) in [5, 5.41) is 3.29. The Morgan fingerprint density at radius 2 is 2.09 bits per heavy atom. The zero-order valence-electron chi connectivity index (χ0n) is 20.9. The predicted molar refractivity (Wildman–Crippen MR) is 133 cm³/mol. The molecule has 35 heavy (non-hydrogen) atoms. The molecule has 4 fully saturated rings. The van der Waals surface area contributed by atoms with E-state index in [0.717, 1.165) is 50.2 Å². The average Bonchev–Trinajstić information content (AvgIpc) is 3.51. The molecule has 1 N–H and O–H groups in total. The summed E-state index contributed by atoms with van der Waals surface area (Å²) >= 11 is 0. The minimum absolute atomic E-state index is 0.0428. The lowest BCUT2D eigenvalue weighted by molar-refractivity contribution is -0.132. The van der Waals surface area contributed by atoms with E-state index in [1.165, 1.54) is 38.5 Å². The molecule has 2 bridgehead atoms. The number of nitrogens with zero attached hydrogens (tertiary/aromatic N) is 3. The number of hydrogen-bond donors (Lipinski definition) is 1. The van der Waals surface area contributed by atoms with Crippen molar-refractivity contribution in [2.24, 2.45) is 29.1 Å². The van der Waals surface area contributed by atoms with E-state index in [1.807, 2.05) is 33.7 Å². The summed E-state index contributed by atoms with van der Waals surface area (Å²) in [5.41, 5.74) is 2.32. The molecule has 2 aromatic heterocycles. The molecule has 4 aliphatic rings. The minimum atomic E-state index is -0.0428. The highest BCUT2D eigenvalue weighted by molar-refractivity contribution is 5.93. The number of carbonyl (C=O) groups excluding carboxylic acids is 2. The molecule has 7 nitrogen and oxygen atoms in total. The third-order valence-corrected chi connectivity index (χ3v) is 9.26. The summed E-state index contributed by atoms with van der Waals surface area (Å²) in [7, 11) is 1.72. The molecular weight excluding hydrogens is 440 g/mol. The molecule has 0 aromatic carbocycles. The van der Waals surface area contributed by atoms with Gasteiger partial charge >= 0.3 is 0 Å². The number of carbonyl (C=O) groups is 2. The number of methoxy groups -OCH3 is 1. The van der Waals surface area contributed by atoms with Crippen molar-refractivity contribution >= 4 is 17.5 Å². The Bertz CT molecular complexity index is 1110. The van der Waals surface area contributed by atoms with Crippen molar-refractivity contribution in [2.45, 2.75) is 57.8 Å². The average molecular weight is 479 g/mol. The molecule has 7 heteroatoms. The first-order valence-electron chi connectivity index (χ1n) is 13.6. The summed E-state index contributed by atoms with van der Waals surface area (Å²) < 4.78 is 7.15. The van der Waals surface area contributed by atoms with Gasteiger partial charge in [-0.2, -0.15) is 0 Å². The molecule has 3 heterocycles. The van der Waals surface area contributed by atoms with Crippen LogP contribution in [0.25, 0.3) is 5.65 Å². The molecule has 5 unspecified atom stereocenters. The number of imidazole rings is 1. The lowest BCUT2D eigenvalue weighted by atomic mass is 9.62. The maximum absolute atomic E-state index is 13.3. The van der Waals surface area contributed by atoms with Crippen molar-refractivity contribution < 1.29 is 14.3 Å². The van der Waals surface area contributed by atoms with Crippen molar-refractivity contribution in [3.63, 3.8) is 0 Å². The van der Waals surface area contributed by atoms with E-state index in [0.29, 0.717) is 35.0 Å². The van der Waals surface area contributed by atoms with Crippen LogP contribution in [0.1, 0.15) is 67.5 Å². The number of likely N-dealkylation sites (tertiary alicyclic amines) is 1. The molecule has 3 aliphatic carbocycles. The Kier molecular flexibility index (Phi) is 6.07. The van der Waals surface area contributed by atoms with Crippen LogP contribution in [0.4, 0.5) is 0 Å². The van der Waals surface area contributed by atoms with Crippen LogP contribution in [-0.4, -0.2) is 59.4 Å². The van der Waals surface area contributed by atoms with Gasteiger partial charge < -0.3 is 15.0 Å². The Morgan fingerprint density at radius 3 is 2.97 bits per heavy atom. The maximum atomic E-state index is 13.3. The van der Waals surface area contributed by atoms with Crippen LogP contribution in [0, 0.1) is 29.1 Å². The quantitative estimate of drug-likeness (QED) is 0.658. The smallest absolute Gasteiger partial charge is 0.268 e. The van der Waals surface area contributed by atoms with Crippen LogP contribution < -0.4 is 5.32 Å². The first kappa shape index (κ1) is 23.0. The molecule has 2 aromatic rings. The van der Waals surface area contributed by atoms with Gasteiger partial charge in [0.25, 0.3) is 5.91 Å². The number of rotatable bonds is 7. The molecule has 1 saturated heterocycles. The summed E-state index contributed by atoms with van der Waals surface area (Å²) in [6.07, 6.45) is 12.2. The van der Waals surface area contributed by atoms with Crippen LogP contribution in [0.15, 0.2) is 24.4 Å². The molecule has 5 atom stereocenters. The number of piperidine rings is 1. The number of amides is 2. The minimum Gasteiger partial charge on any atom is -0.384 e. The second kappa shape index (κ2) is 9.23. The van der Waals surface area contributed by atoms with Crippen LogP contribution in [0.2, 0.25) is 0 Å². The highest BCUT2D eigenvalue weighted by Crippen LogP contribution is 2.63. The van der Waals surface area contributed by atoms with Gasteiger partial charge in [0.2, 0.25) is 5.91 Å². The molecule has 1 aliphatic heterocycles. The second-order valence-corrected chi connectivity index (χ2v) is 11.8. The molecule has 2 amide bonds. The molecule has 188 valence electrons. The molecule has 0 radical (unpaired) electrons. The van der Waals surface area contributed by atoms with Gasteiger partial charge in [-0.1, -0.05) is 18.9 Å². The van der Waals surface area contributed by atoms with Gasteiger partial charge in [-0.3, -0.25) is 14.0 Å². The molecular formula is C28H38N4O3. The Balaban J connectivity index is 1.12. The van der Waals surface area contributed by atoms with Crippen molar-refractivity contribution in [1.82, 2.24) is 19.6 Å². The fraction of sp³-hybridized carbons (Fsp3) is 0.679. The summed E-state index contributed by atoms with van der Waals surface area (Å²) in [4.78, 5) is 32.9. The highest BCUT2D eigenvalue weighted by atomic mass is 16.5. The zero-order valence-corrected chi connectivity index (χ0v) is 20.9. The fourth-order valence-electron chi connectivity index (χ4n) is 7.54. The number of hydrogen-bond acceptors (Lipinski definition) is 4. The van der Waals surface area contributed by atoms with Crippen molar-refractivity contribution in [2.75, 3.05) is 33.4 Å². The fourth-order valence-corrected chi connectivity index (χ4v) is 7.54. The van der Waals surface area contributed by atoms with Crippen molar-refractivity contribution in [3.8, 4) is 0 Å². The first-order valence-corrected chi connectivity index (χ1v) is 13.6. The van der Waals surface area contributed by atoms with Crippen LogP contribution in [0.5, 0.6) is 0 Å².